The summed E-state index contributed by atoms with van der Waals surface area (Å²) in [6.07, 6.45) is 2.12. The molecule has 0 unspecified atom stereocenters. The summed E-state index contributed by atoms with van der Waals surface area (Å²) in [4.78, 5) is 5.91. The Hall–Kier alpha value is -1.75. The lowest BCUT2D eigenvalue weighted by molar-refractivity contribution is -0.600. The number of alkyl halides is 2. The van der Waals surface area contributed by atoms with E-state index in [0.717, 1.165) is 5.69 Å². The largest absolute Gasteiger partial charge is 0.377 e. The van der Waals surface area contributed by atoms with Crippen molar-refractivity contribution in [3.8, 4) is 5.82 Å². The number of hydrogen-bond donors (Lipinski definition) is 0. The predicted octanol–water partition coefficient (Wildman–Crippen LogP) is 3.02. The summed E-state index contributed by atoms with van der Waals surface area (Å²) in [6.45, 7) is 0. The molecule has 0 aliphatic heterocycles. The Kier molecular flexibility index (Phi) is 3.95. The van der Waals surface area contributed by atoms with Gasteiger partial charge in [-0.1, -0.05) is 11.6 Å². The number of pyridine rings is 2. The Morgan fingerprint density at radius 1 is 1.26 bits per heavy atom. The molecule has 0 amide bonds. The molecule has 0 spiro atoms. The van der Waals surface area contributed by atoms with E-state index in [9.17, 15) is 8.78 Å². The monoisotopic (exact) mass is 284 g/mol. The van der Waals surface area contributed by atoms with Gasteiger partial charge in [0, 0.05) is 31.9 Å². The normalized spacial score (nSPS) is 10.8. The van der Waals surface area contributed by atoms with Gasteiger partial charge in [0.2, 0.25) is 0 Å². The first-order chi connectivity index (χ1) is 8.99. The van der Waals surface area contributed by atoms with Gasteiger partial charge in [0.15, 0.2) is 6.20 Å². The number of nitrogens with zero attached hydrogens (tertiary/aromatic N) is 3. The molecule has 0 bridgehead atoms. The number of anilines is 1. The van der Waals surface area contributed by atoms with Crippen molar-refractivity contribution in [3.63, 3.8) is 0 Å². The molecule has 2 heterocycles. The molecule has 3 nitrogen and oxygen atoms in total. The zero-order chi connectivity index (χ0) is 14.0. The predicted molar refractivity (Wildman–Crippen MR) is 70.1 cm³/mol. The van der Waals surface area contributed by atoms with E-state index in [4.69, 9.17) is 11.6 Å². The Balaban J connectivity index is 2.46. The van der Waals surface area contributed by atoms with Crippen molar-refractivity contribution in [2.45, 2.75) is 6.43 Å². The summed E-state index contributed by atoms with van der Waals surface area (Å²) >= 11 is 5.70. The minimum atomic E-state index is -2.62. The summed E-state index contributed by atoms with van der Waals surface area (Å²) in [7, 11) is 3.82. The van der Waals surface area contributed by atoms with Gasteiger partial charge in [-0.05, 0) is 11.1 Å². The lowest BCUT2D eigenvalue weighted by Gasteiger charge is -2.11. The molecule has 100 valence electrons. The average Bonchev–Trinajstić information content (AvgIpc) is 2.38. The molecular formula is C13H13ClF2N3+. The summed E-state index contributed by atoms with van der Waals surface area (Å²) in [5.74, 6) is 0.185. The van der Waals surface area contributed by atoms with Crippen LogP contribution in [0.1, 0.15) is 12.0 Å². The third kappa shape index (κ3) is 2.98. The maximum Gasteiger partial charge on any atom is 0.336 e. The quantitative estimate of drug-likeness (QED) is 0.808. The third-order valence-corrected chi connectivity index (χ3v) is 2.88. The van der Waals surface area contributed by atoms with Crippen molar-refractivity contribution in [2.75, 3.05) is 19.0 Å². The molecule has 19 heavy (non-hydrogen) atoms. The van der Waals surface area contributed by atoms with Gasteiger partial charge in [-0.3, -0.25) is 0 Å². The molecule has 0 radical (unpaired) electrons. The van der Waals surface area contributed by atoms with Crippen molar-refractivity contribution >= 4 is 17.3 Å². The summed E-state index contributed by atoms with van der Waals surface area (Å²) in [5.41, 5.74) is 0.791. The lowest BCUT2D eigenvalue weighted by atomic mass is 10.2. The maximum absolute atomic E-state index is 13.0. The number of hydrogen-bond acceptors (Lipinski definition) is 2. The molecule has 2 aromatic heterocycles. The van der Waals surface area contributed by atoms with Crippen LogP contribution in [0, 0.1) is 0 Å². The van der Waals surface area contributed by atoms with Gasteiger partial charge in [-0.15, -0.1) is 0 Å². The summed E-state index contributed by atoms with van der Waals surface area (Å²) < 4.78 is 27.5. The zero-order valence-electron chi connectivity index (χ0n) is 10.5. The van der Waals surface area contributed by atoms with E-state index in [0.29, 0.717) is 0 Å². The first-order valence-electron chi connectivity index (χ1n) is 5.61. The number of aromatic nitrogens is 2. The second-order valence-electron chi connectivity index (χ2n) is 4.23. The third-order valence-electron chi connectivity index (χ3n) is 2.67. The molecule has 0 fully saturated rings. The van der Waals surface area contributed by atoms with Crippen LogP contribution < -0.4 is 9.47 Å². The van der Waals surface area contributed by atoms with Crippen LogP contribution >= 0.6 is 11.6 Å². The van der Waals surface area contributed by atoms with Gasteiger partial charge in [0.1, 0.15) is 5.56 Å². The van der Waals surface area contributed by atoms with Crippen LogP contribution in [0.3, 0.4) is 0 Å². The van der Waals surface area contributed by atoms with Crippen LogP contribution in [0.25, 0.3) is 5.82 Å². The molecule has 0 aromatic carbocycles. The standard InChI is InChI=1S/C13H13ClF2N3/c1-18(2)10-3-5-19(6-4-10)13-11(12(15)16)7-9(14)8-17-13/h3-8,12H,1-2H3/q+1. The van der Waals surface area contributed by atoms with Gasteiger partial charge in [0.05, 0.1) is 17.4 Å². The first-order valence-corrected chi connectivity index (χ1v) is 5.99. The van der Waals surface area contributed by atoms with Crippen molar-refractivity contribution in [3.05, 3.63) is 47.4 Å². The molecule has 0 atom stereocenters. The van der Waals surface area contributed by atoms with Crippen LogP contribution in [0.4, 0.5) is 14.5 Å². The van der Waals surface area contributed by atoms with Crippen LogP contribution in [0.15, 0.2) is 36.8 Å². The Labute approximate surface area is 115 Å². The fourth-order valence-electron chi connectivity index (χ4n) is 1.68. The van der Waals surface area contributed by atoms with E-state index in [1.807, 2.05) is 31.1 Å². The summed E-state index contributed by atoms with van der Waals surface area (Å²) in [6, 6.07) is 4.89. The Morgan fingerprint density at radius 2 is 1.89 bits per heavy atom. The molecule has 2 rings (SSSR count). The molecule has 0 N–H and O–H groups in total. The van der Waals surface area contributed by atoms with Crippen molar-refractivity contribution in [1.82, 2.24) is 4.98 Å². The Morgan fingerprint density at radius 3 is 2.42 bits per heavy atom. The van der Waals surface area contributed by atoms with E-state index >= 15 is 0 Å². The van der Waals surface area contributed by atoms with Crippen LogP contribution in [-0.4, -0.2) is 19.1 Å². The molecule has 2 aromatic rings. The SMILES string of the molecule is CN(C)c1cc[n+](-c2ncc(Cl)cc2C(F)F)cc1. The van der Waals surface area contributed by atoms with Gasteiger partial charge in [0.25, 0.3) is 6.43 Å². The average molecular weight is 285 g/mol. The topological polar surface area (TPSA) is 20.0 Å². The molecule has 0 aliphatic rings. The zero-order valence-corrected chi connectivity index (χ0v) is 11.3. The van der Waals surface area contributed by atoms with Gasteiger partial charge in [-0.25, -0.2) is 13.3 Å². The highest BCUT2D eigenvalue weighted by atomic mass is 35.5. The van der Waals surface area contributed by atoms with Gasteiger partial charge >= 0.3 is 5.82 Å². The summed E-state index contributed by atoms with van der Waals surface area (Å²) in [5, 5.41) is 0.199. The van der Waals surface area contributed by atoms with Crippen molar-refractivity contribution < 1.29 is 13.3 Å². The smallest absolute Gasteiger partial charge is 0.336 e. The number of halogens is 3. The van der Waals surface area contributed by atoms with Gasteiger partial charge in [-0.2, -0.15) is 0 Å². The van der Waals surface area contributed by atoms with Crippen LogP contribution in [0.2, 0.25) is 5.02 Å². The molecular weight excluding hydrogens is 272 g/mol. The van der Waals surface area contributed by atoms with Crippen LogP contribution in [0.5, 0.6) is 0 Å². The Bertz CT molecular complexity index is 571. The van der Waals surface area contributed by atoms with Crippen molar-refractivity contribution in [1.29, 1.82) is 0 Å². The highest BCUT2D eigenvalue weighted by Crippen LogP contribution is 2.24. The van der Waals surface area contributed by atoms with E-state index < -0.39 is 6.43 Å². The second-order valence-corrected chi connectivity index (χ2v) is 4.66. The number of rotatable bonds is 3. The molecule has 6 heteroatoms. The fourth-order valence-corrected chi connectivity index (χ4v) is 1.85. The molecule has 0 saturated heterocycles. The van der Waals surface area contributed by atoms with E-state index in [1.54, 1.807) is 17.0 Å². The highest BCUT2D eigenvalue weighted by Gasteiger charge is 2.22. The van der Waals surface area contributed by atoms with Crippen LogP contribution in [-0.2, 0) is 0 Å². The minimum absolute atomic E-state index is 0.185. The molecule has 0 saturated carbocycles. The fraction of sp³-hybridized carbons (Fsp3) is 0.231. The van der Waals surface area contributed by atoms with Crippen molar-refractivity contribution in [2.24, 2.45) is 0 Å². The first kappa shape index (κ1) is 13.7. The van der Waals surface area contributed by atoms with E-state index in [-0.39, 0.29) is 16.4 Å². The van der Waals surface area contributed by atoms with E-state index in [2.05, 4.69) is 4.98 Å². The van der Waals surface area contributed by atoms with Gasteiger partial charge < -0.3 is 4.90 Å². The van der Waals surface area contributed by atoms with E-state index in [1.165, 1.54) is 12.3 Å². The molecule has 0 aliphatic carbocycles. The minimum Gasteiger partial charge on any atom is -0.377 e. The highest BCUT2D eigenvalue weighted by molar-refractivity contribution is 6.30. The lowest BCUT2D eigenvalue weighted by Crippen LogP contribution is -2.32. The maximum atomic E-state index is 13.0. The second kappa shape index (κ2) is 5.48.